The molecular weight excluding hydrogens is 200 g/mol. The molecule has 0 atom stereocenters. The van der Waals surface area contributed by atoms with Gasteiger partial charge in [0, 0.05) is 11.0 Å². The smallest absolute Gasteiger partial charge is 0.123 e. The molecular formula is C14H18O2. The van der Waals surface area contributed by atoms with Gasteiger partial charge in [0.25, 0.3) is 0 Å². The van der Waals surface area contributed by atoms with Crippen molar-refractivity contribution in [3.8, 4) is 5.75 Å². The third-order valence-electron chi connectivity index (χ3n) is 3.80. The van der Waals surface area contributed by atoms with Crippen LogP contribution in [-0.2, 0) is 12.0 Å². The number of aliphatic hydroxyl groups excluding tert-OH is 1. The van der Waals surface area contributed by atoms with Crippen LogP contribution in [0.3, 0.4) is 0 Å². The van der Waals surface area contributed by atoms with E-state index in [0.29, 0.717) is 5.41 Å². The molecule has 0 amide bonds. The summed E-state index contributed by atoms with van der Waals surface area (Å²) >= 11 is 0. The molecule has 1 heterocycles. The van der Waals surface area contributed by atoms with Gasteiger partial charge >= 0.3 is 0 Å². The Morgan fingerprint density at radius 2 is 2.06 bits per heavy atom. The molecule has 1 N–H and O–H groups in total. The van der Waals surface area contributed by atoms with E-state index in [9.17, 15) is 5.11 Å². The van der Waals surface area contributed by atoms with Gasteiger partial charge in [-0.05, 0) is 50.8 Å². The summed E-state index contributed by atoms with van der Waals surface area (Å²) in [6.45, 7) is 4.44. The van der Waals surface area contributed by atoms with Gasteiger partial charge < -0.3 is 9.84 Å². The lowest BCUT2D eigenvalue weighted by atomic mass is 9.81. The molecule has 1 saturated carbocycles. The summed E-state index contributed by atoms with van der Waals surface area (Å²) in [4.78, 5) is 0. The average molecular weight is 218 g/mol. The highest BCUT2D eigenvalue weighted by atomic mass is 16.5. The largest absolute Gasteiger partial charge is 0.488 e. The van der Waals surface area contributed by atoms with Crippen molar-refractivity contribution >= 4 is 0 Å². The molecule has 0 aromatic heterocycles. The van der Waals surface area contributed by atoms with Crippen molar-refractivity contribution in [1.82, 2.24) is 0 Å². The molecule has 1 aliphatic carbocycles. The van der Waals surface area contributed by atoms with Gasteiger partial charge in [0.15, 0.2) is 0 Å². The third kappa shape index (κ3) is 1.44. The normalized spacial score (nSPS) is 23.7. The fourth-order valence-corrected chi connectivity index (χ4v) is 3.02. The molecule has 0 saturated heterocycles. The lowest BCUT2D eigenvalue weighted by molar-refractivity contribution is 0.0669. The molecule has 0 bridgehead atoms. The average Bonchev–Trinajstić information content (AvgIpc) is 2.96. The molecule has 2 heteroatoms. The van der Waals surface area contributed by atoms with Gasteiger partial charge in [-0.2, -0.15) is 0 Å². The van der Waals surface area contributed by atoms with Gasteiger partial charge in [-0.15, -0.1) is 0 Å². The predicted octanol–water partition coefficient (Wildman–Crippen LogP) is 2.77. The van der Waals surface area contributed by atoms with Crippen molar-refractivity contribution in [2.24, 2.45) is 0 Å². The van der Waals surface area contributed by atoms with E-state index in [0.717, 1.165) is 17.7 Å². The maximum Gasteiger partial charge on any atom is 0.123 e. The Morgan fingerprint density at radius 3 is 2.69 bits per heavy atom. The highest BCUT2D eigenvalue weighted by Gasteiger charge is 2.52. The monoisotopic (exact) mass is 218 g/mol. The number of ether oxygens (including phenoxy) is 1. The number of rotatable bonds is 1. The van der Waals surface area contributed by atoms with Gasteiger partial charge in [0.05, 0.1) is 6.61 Å². The van der Waals surface area contributed by atoms with Crippen LogP contribution < -0.4 is 4.74 Å². The van der Waals surface area contributed by atoms with Crippen LogP contribution in [0.5, 0.6) is 5.75 Å². The summed E-state index contributed by atoms with van der Waals surface area (Å²) in [5.74, 6) is 1.02. The van der Waals surface area contributed by atoms with E-state index in [4.69, 9.17) is 4.74 Å². The Morgan fingerprint density at radius 1 is 1.31 bits per heavy atom. The van der Waals surface area contributed by atoms with Crippen LogP contribution in [0.25, 0.3) is 0 Å². The first-order chi connectivity index (χ1) is 7.55. The maximum atomic E-state index is 9.19. The van der Waals surface area contributed by atoms with Crippen LogP contribution in [0.2, 0.25) is 0 Å². The lowest BCUT2D eigenvalue weighted by Crippen LogP contribution is -2.38. The maximum absolute atomic E-state index is 9.19. The summed E-state index contributed by atoms with van der Waals surface area (Å²) < 4.78 is 6.01. The van der Waals surface area contributed by atoms with Crippen molar-refractivity contribution in [2.45, 2.75) is 50.7 Å². The Hall–Kier alpha value is -1.02. The molecule has 16 heavy (non-hydrogen) atoms. The van der Waals surface area contributed by atoms with Crippen molar-refractivity contribution < 1.29 is 9.84 Å². The number of hydrogen-bond donors (Lipinski definition) is 1. The van der Waals surface area contributed by atoms with Crippen molar-refractivity contribution in [3.05, 3.63) is 29.3 Å². The molecule has 0 unspecified atom stereocenters. The minimum atomic E-state index is -0.0514. The molecule has 1 fully saturated rings. The summed E-state index contributed by atoms with van der Waals surface area (Å²) in [7, 11) is 0. The van der Waals surface area contributed by atoms with Crippen molar-refractivity contribution in [1.29, 1.82) is 0 Å². The molecule has 2 nitrogen and oxygen atoms in total. The number of fused-ring (bicyclic) bond motifs is 2. The van der Waals surface area contributed by atoms with Crippen LogP contribution in [0.1, 0.15) is 44.2 Å². The van der Waals surface area contributed by atoms with Gasteiger partial charge in [-0.1, -0.05) is 6.07 Å². The number of aliphatic hydroxyl groups is 1. The fraction of sp³-hybridized carbons (Fsp3) is 0.571. The van der Waals surface area contributed by atoms with E-state index >= 15 is 0 Å². The summed E-state index contributed by atoms with van der Waals surface area (Å²) in [6.07, 6.45) is 3.63. The first-order valence-corrected chi connectivity index (χ1v) is 5.98. The Labute approximate surface area is 96.2 Å². The highest BCUT2D eigenvalue weighted by Crippen LogP contribution is 2.59. The first-order valence-electron chi connectivity index (χ1n) is 5.98. The predicted molar refractivity (Wildman–Crippen MR) is 62.6 cm³/mol. The van der Waals surface area contributed by atoms with Crippen LogP contribution in [-0.4, -0.2) is 10.7 Å². The van der Waals surface area contributed by atoms with E-state index in [-0.39, 0.29) is 12.2 Å². The van der Waals surface area contributed by atoms with Crippen LogP contribution in [0, 0.1) is 0 Å². The molecule has 86 valence electrons. The number of benzene rings is 1. The van der Waals surface area contributed by atoms with Crippen molar-refractivity contribution in [3.63, 3.8) is 0 Å². The first kappa shape index (κ1) is 10.2. The van der Waals surface area contributed by atoms with Gasteiger partial charge in [0.1, 0.15) is 11.4 Å². The zero-order valence-electron chi connectivity index (χ0n) is 9.92. The molecule has 1 spiro atoms. The van der Waals surface area contributed by atoms with Gasteiger partial charge in [-0.3, -0.25) is 0 Å². The van der Waals surface area contributed by atoms with Gasteiger partial charge in [-0.25, -0.2) is 0 Å². The quantitative estimate of drug-likeness (QED) is 0.785. The Bertz CT molecular complexity index is 430. The van der Waals surface area contributed by atoms with E-state index in [1.165, 1.54) is 18.4 Å². The molecule has 3 rings (SSSR count). The van der Waals surface area contributed by atoms with E-state index < -0.39 is 0 Å². The van der Waals surface area contributed by atoms with Crippen LogP contribution >= 0.6 is 0 Å². The van der Waals surface area contributed by atoms with Crippen LogP contribution in [0.4, 0.5) is 0 Å². The fourth-order valence-electron chi connectivity index (χ4n) is 3.02. The van der Waals surface area contributed by atoms with Gasteiger partial charge in [0.2, 0.25) is 0 Å². The second-order valence-corrected chi connectivity index (χ2v) is 5.81. The highest BCUT2D eigenvalue weighted by molar-refractivity contribution is 5.48. The van der Waals surface area contributed by atoms with Crippen molar-refractivity contribution in [2.75, 3.05) is 0 Å². The molecule has 1 aromatic carbocycles. The lowest BCUT2D eigenvalue weighted by Gasteiger charge is -2.38. The summed E-state index contributed by atoms with van der Waals surface area (Å²) in [5, 5.41) is 9.19. The molecule has 1 aliphatic heterocycles. The second-order valence-electron chi connectivity index (χ2n) is 5.81. The minimum Gasteiger partial charge on any atom is -0.488 e. The summed E-state index contributed by atoms with van der Waals surface area (Å²) in [6, 6.07) is 6.09. The summed E-state index contributed by atoms with van der Waals surface area (Å²) in [5.41, 5.74) is 2.61. The zero-order chi connectivity index (χ0) is 11.4. The standard InChI is InChI=1S/C14H18O2/c1-13(2)9-14(5-6-14)11-7-10(8-15)3-4-12(11)16-13/h3-4,7,15H,5-6,8-9H2,1-2H3. The van der Waals surface area contributed by atoms with Crippen LogP contribution in [0.15, 0.2) is 18.2 Å². The van der Waals surface area contributed by atoms with E-state index in [1.54, 1.807) is 0 Å². The third-order valence-corrected chi connectivity index (χ3v) is 3.80. The zero-order valence-corrected chi connectivity index (χ0v) is 9.92. The SMILES string of the molecule is CC1(C)CC2(CC2)c2cc(CO)ccc2O1. The molecule has 1 aromatic rings. The topological polar surface area (TPSA) is 29.5 Å². The Kier molecular flexibility index (Phi) is 1.91. The van der Waals surface area contributed by atoms with E-state index in [1.807, 2.05) is 12.1 Å². The molecule has 0 radical (unpaired) electrons. The Balaban J connectivity index is 2.10. The van der Waals surface area contributed by atoms with E-state index in [2.05, 4.69) is 19.9 Å². The second kappa shape index (κ2) is 3.01. The minimum absolute atomic E-state index is 0.0514. The number of hydrogen-bond acceptors (Lipinski definition) is 2. The molecule has 2 aliphatic rings.